The van der Waals surface area contributed by atoms with Crippen LogP contribution in [-0.2, 0) is 0 Å². The summed E-state index contributed by atoms with van der Waals surface area (Å²) in [5, 5.41) is 0. The molecule has 1 amide bonds. The number of primary amides is 1. The third kappa shape index (κ3) is 3.07. The molecule has 0 atom stereocenters. The van der Waals surface area contributed by atoms with E-state index in [1.807, 2.05) is 0 Å². The maximum atomic E-state index is 11.3. The Balaban J connectivity index is 1.56. The Morgan fingerprint density at radius 2 is 1.69 bits per heavy atom. The van der Waals surface area contributed by atoms with Gasteiger partial charge in [0.1, 0.15) is 23.0 Å². The van der Waals surface area contributed by atoms with Gasteiger partial charge in [-0.25, -0.2) is 9.97 Å². The fourth-order valence-corrected chi connectivity index (χ4v) is 2.47. The zero-order valence-electron chi connectivity index (χ0n) is 13.5. The van der Waals surface area contributed by atoms with Crippen LogP contribution in [0.5, 0.6) is 23.0 Å². The number of nitrogen functional groups attached to an aromatic ring is 1. The molecule has 0 radical (unpaired) electrons. The van der Waals surface area contributed by atoms with Crippen molar-refractivity contribution in [2.75, 3.05) is 12.5 Å². The largest absolute Gasteiger partial charge is 0.457 e. The average Bonchev–Trinajstić information content (AvgIpc) is 3.09. The number of carbonyl (C=O) groups excluding carboxylic acids is 1. The van der Waals surface area contributed by atoms with E-state index in [2.05, 4.69) is 9.97 Å². The van der Waals surface area contributed by atoms with Crippen molar-refractivity contribution in [3.05, 3.63) is 54.2 Å². The van der Waals surface area contributed by atoms with Crippen LogP contribution in [0.25, 0.3) is 11.4 Å². The molecule has 4 N–H and O–H groups in total. The van der Waals surface area contributed by atoms with Crippen LogP contribution in [0.1, 0.15) is 10.5 Å². The fourth-order valence-electron chi connectivity index (χ4n) is 2.47. The molecule has 8 nitrogen and oxygen atoms in total. The van der Waals surface area contributed by atoms with E-state index in [4.69, 9.17) is 25.7 Å². The van der Waals surface area contributed by atoms with E-state index in [0.717, 1.165) is 0 Å². The summed E-state index contributed by atoms with van der Waals surface area (Å²) in [7, 11) is 0. The van der Waals surface area contributed by atoms with Gasteiger partial charge in [0, 0.05) is 17.7 Å². The Bertz CT molecular complexity index is 989. The summed E-state index contributed by atoms with van der Waals surface area (Å²) >= 11 is 0. The van der Waals surface area contributed by atoms with Gasteiger partial charge < -0.3 is 25.7 Å². The Kier molecular flexibility index (Phi) is 3.77. The first-order valence-electron chi connectivity index (χ1n) is 7.71. The minimum Gasteiger partial charge on any atom is -0.457 e. The van der Waals surface area contributed by atoms with Crippen molar-refractivity contribution in [1.82, 2.24) is 9.97 Å². The van der Waals surface area contributed by atoms with E-state index in [1.165, 1.54) is 6.07 Å². The van der Waals surface area contributed by atoms with Gasteiger partial charge in [-0.05, 0) is 36.4 Å². The second-order valence-electron chi connectivity index (χ2n) is 5.51. The molecule has 2 aromatic carbocycles. The maximum Gasteiger partial charge on any atom is 0.267 e. The maximum absolute atomic E-state index is 11.3. The summed E-state index contributed by atoms with van der Waals surface area (Å²) < 4.78 is 16.4. The van der Waals surface area contributed by atoms with Gasteiger partial charge in [0.25, 0.3) is 5.91 Å². The highest BCUT2D eigenvalue weighted by Gasteiger charge is 2.14. The van der Waals surface area contributed by atoms with Crippen LogP contribution in [0.3, 0.4) is 0 Å². The van der Waals surface area contributed by atoms with Crippen LogP contribution in [0.2, 0.25) is 0 Å². The van der Waals surface area contributed by atoms with E-state index in [1.54, 1.807) is 42.5 Å². The zero-order chi connectivity index (χ0) is 18.1. The van der Waals surface area contributed by atoms with Crippen molar-refractivity contribution in [2.24, 2.45) is 5.73 Å². The van der Waals surface area contributed by atoms with Gasteiger partial charge in [0.15, 0.2) is 17.3 Å². The molecular formula is C18H14N4O4. The molecule has 26 heavy (non-hydrogen) atoms. The first-order valence-corrected chi connectivity index (χ1v) is 7.71. The average molecular weight is 350 g/mol. The summed E-state index contributed by atoms with van der Waals surface area (Å²) in [6.45, 7) is 0.209. The molecule has 2 heterocycles. The number of anilines is 1. The van der Waals surface area contributed by atoms with Crippen molar-refractivity contribution in [2.45, 2.75) is 0 Å². The highest BCUT2D eigenvalue weighted by molar-refractivity contribution is 5.91. The lowest BCUT2D eigenvalue weighted by atomic mass is 10.2. The lowest BCUT2D eigenvalue weighted by molar-refractivity contribution is 0.0995. The summed E-state index contributed by atoms with van der Waals surface area (Å²) in [5.41, 5.74) is 11.7. The molecule has 0 unspecified atom stereocenters. The van der Waals surface area contributed by atoms with Crippen molar-refractivity contribution in [3.63, 3.8) is 0 Å². The standard InChI is InChI=1S/C18H14N4O4/c19-16-8-13(17(20)23)21-18(22-16)10-1-3-11(4-2-10)26-12-5-6-14-15(7-12)25-9-24-14/h1-8H,9H2,(H2,20,23)(H2,19,21,22). The zero-order valence-corrected chi connectivity index (χ0v) is 13.5. The third-order valence-electron chi connectivity index (χ3n) is 3.69. The van der Waals surface area contributed by atoms with Gasteiger partial charge in [0.05, 0.1) is 0 Å². The predicted octanol–water partition coefficient (Wildman–Crippen LogP) is 2.35. The monoisotopic (exact) mass is 350 g/mol. The molecule has 0 spiro atoms. The predicted molar refractivity (Wildman–Crippen MR) is 93.0 cm³/mol. The fraction of sp³-hybridized carbons (Fsp3) is 0.0556. The minimum atomic E-state index is -0.664. The first kappa shape index (κ1) is 15.7. The van der Waals surface area contributed by atoms with Gasteiger partial charge in [-0.15, -0.1) is 0 Å². The number of carbonyl (C=O) groups is 1. The second kappa shape index (κ2) is 6.25. The van der Waals surface area contributed by atoms with Crippen molar-refractivity contribution < 1.29 is 19.0 Å². The highest BCUT2D eigenvalue weighted by atomic mass is 16.7. The minimum absolute atomic E-state index is 0.0631. The molecule has 0 saturated heterocycles. The molecule has 1 aromatic heterocycles. The number of rotatable bonds is 4. The van der Waals surface area contributed by atoms with Crippen LogP contribution in [-0.4, -0.2) is 22.7 Å². The normalized spacial score (nSPS) is 12.0. The molecule has 8 heteroatoms. The lowest BCUT2D eigenvalue weighted by Crippen LogP contribution is -2.14. The molecule has 0 saturated carbocycles. The van der Waals surface area contributed by atoms with E-state index in [0.29, 0.717) is 34.4 Å². The summed E-state index contributed by atoms with van der Waals surface area (Å²) in [5.74, 6) is 2.40. The molecule has 0 fully saturated rings. The van der Waals surface area contributed by atoms with Crippen LogP contribution in [0, 0.1) is 0 Å². The van der Waals surface area contributed by atoms with Crippen LogP contribution < -0.4 is 25.7 Å². The number of hydrogen-bond acceptors (Lipinski definition) is 7. The first-order chi connectivity index (χ1) is 12.6. The molecule has 1 aliphatic rings. The van der Waals surface area contributed by atoms with E-state index < -0.39 is 5.91 Å². The summed E-state index contributed by atoms with van der Waals surface area (Å²) in [6.07, 6.45) is 0. The summed E-state index contributed by atoms with van der Waals surface area (Å²) in [6, 6.07) is 13.7. The van der Waals surface area contributed by atoms with Gasteiger partial charge in [0.2, 0.25) is 6.79 Å². The number of hydrogen-bond donors (Lipinski definition) is 2. The Morgan fingerprint density at radius 3 is 2.46 bits per heavy atom. The number of aromatic nitrogens is 2. The topological polar surface area (TPSA) is 123 Å². The third-order valence-corrected chi connectivity index (χ3v) is 3.69. The van der Waals surface area contributed by atoms with Gasteiger partial charge in [-0.2, -0.15) is 0 Å². The number of benzene rings is 2. The SMILES string of the molecule is NC(=O)c1cc(N)nc(-c2ccc(Oc3ccc4c(c3)OCO4)cc2)n1. The lowest BCUT2D eigenvalue weighted by Gasteiger charge is -2.08. The molecule has 1 aliphatic heterocycles. The number of nitrogens with two attached hydrogens (primary N) is 2. The Labute approximate surface area is 148 Å². The number of ether oxygens (including phenoxy) is 3. The van der Waals surface area contributed by atoms with E-state index in [-0.39, 0.29) is 18.3 Å². The smallest absolute Gasteiger partial charge is 0.267 e. The van der Waals surface area contributed by atoms with Gasteiger partial charge in [-0.1, -0.05) is 0 Å². The molecule has 3 aromatic rings. The van der Waals surface area contributed by atoms with E-state index >= 15 is 0 Å². The van der Waals surface area contributed by atoms with E-state index in [9.17, 15) is 4.79 Å². The van der Waals surface area contributed by atoms with Crippen molar-refractivity contribution in [1.29, 1.82) is 0 Å². The molecule has 0 aliphatic carbocycles. The number of fused-ring (bicyclic) bond motifs is 1. The van der Waals surface area contributed by atoms with Gasteiger partial charge in [-0.3, -0.25) is 4.79 Å². The van der Waals surface area contributed by atoms with Crippen LogP contribution in [0.4, 0.5) is 5.82 Å². The Morgan fingerprint density at radius 1 is 0.962 bits per heavy atom. The molecule has 0 bridgehead atoms. The van der Waals surface area contributed by atoms with Crippen molar-refractivity contribution >= 4 is 11.7 Å². The number of nitrogens with zero attached hydrogens (tertiary/aromatic N) is 2. The van der Waals surface area contributed by atoms with Crippen LogP contribution >= 0.6 is 0 Å². The van der Waals surface area contributed by atoms with Gasteiger partial charge >= 0.3 is 0 Å². The number of amides is 1. The summed E-state index contributed by atoms with van der Waals surface area (Å²) in [4.78, 5) is 19.6. The second-order valence-corrected chi connectivity index (χ2v) is 5.51. The highest BCUT2D eigenvalue weighted by Crippen LogP contribution is 2.36. The molecule has 130 valence electrons. The molecular weight excluding hydrogens is 336 g/mol. The quantitative estimate of drug-likeness (QED) is 0.740. The molecule has 4 rings (SSSR count). The van der Waals surface area contributed by atoms with Crippen LogP contribution in [0.15, 0.2) is 48.5 Å². The van der Waals surface area contributed by atoms with Crippen molar-refractivity contribution in [3.8, 4) is 34.4 Å². The Hall–Kier alpha value is -3.81.